The first-order valence-electron chi connectivity index (χ1n) is 5.89. The third-order valence-corrected chi connectivity index (χ3v) is 4.27. The monoisotopic (exact) mass is 278 g/mol. The highest BCUT2D eigenvalue weighted by Crippen LogP contribution is 2.24. The van der Waals surface area contributed by atoms with E-state index in [1.165, 1.54) is 0 Å². The maximum absolute atomic E-state index is 4.59. The van der Waals surface area contributed by atoms with Crippen molar-refractivity contribution in [1.29, 1.82) is 0 Å². The predicted molar refractivity (Wildman–Crippen MR) is 75.3 cm³/mol. The first-order chi connectivity index (χ1) is 8.61. The van der Waals surface area contributed by atoms with Crippen LogP contribution in [0.25, 0.3) is 16.3 Å². The van der Waals surface area contributed by atoms with Crippen LogP contribution in [-0.4, -0.2) is 19.6 Å². The molecule has 3 aromatic rings. The minimum atomic E-state index is 0.626. The number of aryl methyl sites for hydroxylation is 1. The Morgan fingerprint density at radius 1 is 1.28 bits per heavy atom. The topological polar surface area (TPSA) is 43.1 Å². The van der Waals surface area contributed by atoms with Crippen LogP contribution in [0.3, 0.4) is 0 Å². The standard InChI is InChI=1S/C12H14N4S2/c1-7(2)4-11-15-16-5-9(14-12(16)18-11)10-6-17-8(3)13-10/h5-7H,4H2,1-3H3. The summed E-state index contributed by atoms with van der Waals surface area (Å²) < 4.78 is 1.87. The van der Waals surface area contributed by atoms with Gasteiger partial charge in [0, 0.05) is 11.8 Å². The minimum Gasteiger partial charge on any atom is -0.240 e. The predicted octanol–water partition coefficient (Wildman–Crippen LogP) is 3.42. The first kappa shape index (κ1) is 11.8. The van der Waals surface area contributed by atoms with Crippen LogP contribution in [0, 0.1) is 12.8 Å². The van der Waals surface area contributed by atoms with E-state index in [9.17, 15) is 0 Å². The van der Waals surface area contributed by atoms with Gasteiger partial charge in [0.25, 0.3) is 0 Å². The van der Waals surface area contributed by atoms with E-state index in [2.05, 4.69) is 28.9 Å². The van der Waals surface area contributed by atoms with Gasteiger partial charge in [-0.25, -0.2) is 14.5 Å². The summed E-state index contributed by atoms with van der Waals surface area (Å²) in [5.74, 6) is 0.626. The molecule has 0 fully saturated rings. The lowest BCUT2D eigenvalue weighted by Gasteiger charge is -1.97. The van der Waals surface area contributed by atoms with Crippen molar-refractivity contribution in [3.05, 3.63) is 21.6 Å². The highest BCUT2D eigenvalue weighted by atomic mass is 32.1. The van der Waals surface area contributed by atoms with E-state index in [4.69, 9.17) is 0 Å². The number of rotatable bonds is 3. The molecule has 0 saturated heterocycles. The molecule has 6 heteroatoms. The molecule has 3 heterocycles. The molecule has 0 saturated carbocycles. The van der Waals surface area contributed by atoms with Crippen LogP contribution in [0.15, 0.2) is 11.6 Å². The molecule has 4 nitrogen and oxygen atoms in total. The molecule has 18 heavy (non-hydrogen) atoms. The molecule has 0 bridgehead atoms. The molecule has 94 valence electrons. The van der Waals surface area contributed by atoms with Gasteiger partial charge in [0.2, 0.25) is 4.96 Å². The summed E-state index contributed by atoms with van der Waals surface area (Å²) >= 11 is 3.31. The summed E-state index contributed by atoms with van der Waals surface area (Å²) in [6.45, 7) is 6.41. The fourth-order valence-electron chi connectivity index (χ4n) is 1.78. The van der Waals surface area contributed by atoms with Gasteiger partial charge in [0.15, 0.2) is 0 Å². The van der Waals surface area contributed by atoms with Crippen molar-refractivity contribution in [2.75, 3.05) is 0 Å². The number of fused-ring (bicyclic) bond motifs is 1. The molecule has 3 aromatic heterocycles. The molecule has 0 spiro atoms. The van der Waals surface area contributed by atoms with Crippen LogP contribution in [0.5, 0.6) is 0 Å². The molecule has 0 amide bonds. The summed E-state index contributed by atoms with van der Waals surface area (Å²) in [6.07, 6.45) is 2.98. The Balaban J connectivity index is 1.95. The average Bonchev–Trinajstić information content (AvgIpc) is 2.90. The van der Waals surface area contributed by atoms with Crippen molar-refractivity contribution in [1.82, 2.24) is 19.6 Å². The fourth-order valence-corrected chi connectivity index (χ4v) is 3.47. The number of aromatic nitrogens is 4. The van der Waals surface area contributed by atoms with Gasteiger partial charge in [-0.3, -0.25) is 0 Å². The zero-order valence-corrected chi connectivity index (χ0v) is 12.2. The Hall–Kier alpha value is -1.27. The average molecular weight is 278 g/mol. The highest BCUT2D eigenvalue weighted by molar-refractivity contribution is 7.16. The summed E-state index contributed by atoms with van der Waals surface area (Å²) in [5.41, 5.74) is 1.86. The lowest BCUT2D eigenvalue weighted by molar-refractivity contribution is 0.637. The number of thiazole rings is 1. The second-order valence-electron chi connectivity index (χ2n) is 4.70. The number of imidazole rings is 1. The van der Waals surface area contributed by atoms with Crippen molar-refractivity contribution in [3.8, 4) is 11.4 Å². The molecule has 3 rings (SSSR count). The summed E-state index contributed by atoms with van der Waals surface area (Å²) in [7, 11) is 0. The van der Waals surface area contributed by atoms with Crippen LogP contribution in [0.1, 0.15) is 23.9 Å². The summed E-state index contributed by atoms with van der Waals surface area (Å²) in [6, 6.07) is 0. The van der Waals surface area contributed by atoms with Crippen LogP contribution < -0.4 is 0 Å². The van der Waals surface area contributed by atoms with E-state index >= 15 is 0 Å². The van der Waals surface area contributed by atoms with Gasteiger partial charge >= 0.3 is 0 Å². The van der Waals surface area contributed by atoms with E-state index in [-0.39, 0.29) is 0 Å². The van der Waals surface area contributed by atoms with Gasteiger partial charge in [-0.1, -0.05) is 25.2 Å². The molecular formula is C12H14N4S2. The second kappa shape index (κ2) is 4.44. The molecule has 0 aliphatic rings. The van der Waals surface area contributed by atoms with Gasteiger partial charge < -0.3 is 0 Å². The van der Waals surface area contributed by atoms with E-state index in [1.807, 2.05) is 23.0 Å². The molecule has 0 N–H and O–H groups in total. The van der Waals surface area contributed by atoms with Crippen LogP contribution in [0.4, 0.5) is 0 Å². The van der Waals surface area contributed by atoms with Gasteiger partial charge in [0.1, 0.15) is 16.4 Å². The molecular weight excluding hydrogens is 264 g/mol. The third-order valence-electron chi connectivity index (χ3n) is 2.55. The Labute approximate surface area is 113 Å². The normalized spacial score (nSPS) is 11.8. The fraction of sp³-hybridized carbons (Fsp3) is 0.417. The van der Waals surface area contributed by atoms with Crippen LogP contribution in [-0.2, 0) is 6.42 Å². The Bertz CT molecular complexity index is 646. The largest absolute Gasteiger partial charge is 0.240 e. The molecule has 0 radical (unpaired) electrons. The zero-order chi connectivity index (χ0) is 12.7. The zero-order valence-electron chi connectivity index (χ0n) is 10.5. The maximum Gasteiger partial charge on any atom is 0.212 e. The number of hydrogen-bond donors (Lipinski definition) is 0. The smallest absolute Gasteiger partial charge is 0.212 e. The maximum atomic E-state index is 4.59. The third kappa shape index (κ3) is 2.18. The van der Waals surface area contributed by atoms with Crippen molar-refractivity contribution in [2.45, 2.75) is 27.2 Å². The molecule has 0 atom stereocenters. The summed E-state index contributed by atoms with van der Waals surface area (Å²) in [4.78, 5) is 9.98. The molecule has 0 aromatic carbocycles. The quantitative estimate of drug-likeness (QED) is 0.737. The van der Waals surface area contributed by atoms with E-state index in [1.54, 1.807) is 22.7 Å². The Morgan fingerprint density at radius 2 is 2.11 bits per heavy atom. The van der Waals surface area contributed by atoms with Gasteiger partial charge in [0.05, 0.1) is 11.2 Å². The SMILES string of the molecule is Cc1nc(-c2cn3nc(CC(C)C)sc3n2)cs1. The first-order valence-corrected chi connectivity index (χ1v) is 7.59. The Kier molecular flexibility index (Phi) is 2.91. The van der Waals surface area contributed by atoms with Crippen LogP contribution in [0.2, 0.25) is 0 Å². The lowest BCUT2D eigenvalue weighted by Crippen LogP contribution is -1.94. The molecule has 0 aliphatic heterocycles. The Morgan fingerprint density at radius 3 is 2.72 bits per heavy atom. The summed E-state index contributed by atoms with van der Waals surface area (Å²) in [5, 5.41) is 8.80. The van der Waals surface area contributed by atoms with E-state index in [0.717, 1.165) is 32.8 Å². The number of nitrogens with zero attached hydrogens (tertiary/aromatic N) is 4. The van der Waals surface area contributed by atoms with E-state index < -0.39 is 0 Å². The van der Waals surface area contributed by atoms with Crippen molar-refractivity contribution in [3.63, 3.8) is 0 Å². The second-order valence-corrected chi connectivity index (χ2v) is 6.80. The minimum absolute atomic E-state index is 0.626. The van der Waals surface area contributed by atoms with E-state index in [0.29, 0.717) is 5.92 Å². The van der Waals surface area contributed by atoms with Crippen molar-refractivity contribution >= 4 is 27.6 Å². The van der Waals surface area contributed by atoms with Gasteiger partial charge in [-0.2, -0.15) is 5.10 Å². The molecule has 0 aliphatic carbocycles. The number of hydrogen-bond acceptors (Lipinski definition) is 5. The molecule has 0 unspecified atom stereocenters. The highest BCUT2D eigenvalue weighted by Gasteiger charge is 2.12. The van der Waals surface area contributed by atoms with Crippen LogP contribution >= 0.6 is 22.7 Å². The van der Waals surface area contributed by atoms with Crippen molar-refractivity contribution < 1.29 is 0 Å². The van der Waals surface area contributed by atoms with Crippen molar-refractivity contribution in [2.24, 2.45) is 5.92 Å². The van der Waals surface area contributed by atoms with Gasteiger partial charge in [-0.15, -0.1) is 11.3 Å². The lowest BCUT2D eigenvalue weighted by atomic mass is 10.1. The van der Waals surface area contributed by atoms with Gasteiger partial charge in [-0.05, 0) is 12.8 Å².